The molecule has 0 saturated heterocycles. The maximum absolute atomic E-state index is 2.71. The first kappa shape index (κ1) is 15.9. The first-order valence-corrected chi connectivity index (χ1v) is 9.77. The lowest BCUT2D eigenvalue weighted by molar-refractivity contribution is -0.773. The summed E-state index contributed by atoms with van der Waals surface area (Å²) in [6.07, 6.45) is 11.0. The van der Waals surface area contributed by atoms with E-state index in [9.17, 15) is 0 Å². The van der Waals surface area contributed by atoms with Crippen LogP contribution < -0.4 is 4.57 Å². The van der Waals surface area contributed by atoms with Crippen LogP contribution in [-0.2, 0) is 30.2 Å². The Morgan fingerprint density at radius 2 is 1.88 bits per heavy atom. The minimum atomic E-state index is 0.180. The van der Waals surface area contributed by atoms with E-state index in [-0.39, 0.29) is 11.0 Å². The Morgan fingerprint density at radius 3 is 2.67 bits per heavy atom. The summed E-state index contributed by atoms with van der Waals surface area (Å²) in [6.45, 7) is 7.29. The monoisotopic (exact) mass is 320 g/mol. The number of aryl methyl sites for hydroxylation is 2. The lowest BCUT2D eigenvalue weighted by atomic mass is 9.60. The SMILES string of the molecule is CCCC12Cc3ccc([n+]1c3)CCCc1ccccc1C2(C)CC. The summed E-state index contributed by atoms with van der Waals surface area (Å²) in [6, 6.07) is 14.1. The highest BCUT2D eigenvalue weighted by Gasteiger charge is 2.59. The number of fused-ring (bicyclic) bond motifs is 2. The first-order valence-electron chi connectivity index (χ1n) is 9.77. The van der Waals surface area contributed by atoms with Crippen LogP contribution in [0.3, 0.4) is 0 Å². The van der Waals surface area contributed by atoms with Gasteiger partial charge < -0.3 is 0 Å². The zero-order valence-electron chi connectivity index (χ0n) is 15.4. The quantitative estimate of drug-likeness (QED) is 0.710. The molecule has 2 unspecified atom stereocenters. The average Bonchev–Trinajstić information content (AvgIpc) is 2.91. The Hall–Kier alpha value is -1.63. The molecule has 2 aliphatic heterocycles. The van der Waals surface area contributed by atoms with Crippen LogP contribution in [0.5, 0.6) is 0 Å². The second kappa shape index (κ2) is 5.72. The third-order valence-electron chi connectivity index (χ3n) is 6.94. The van der Waals surface area contributed by atoms with Gasteiger partial charge in [-0.15, -0.1) is 0 Å². The van der Waals surface area contributed by atoms with Crippen molar-refractivity contribution >= 4 is 0 Å². The van der Waals surface area contributed by atoms with Gasteiger partial charge in [0.25, 0.3) is 0 Å². The molecule has 0 N–H and O–H groups in total. The Labute approximate surface area is 146 Å². The van der Waals surface area contributed by atoms with Crippen LogP contribution in [0.15, 0.2) is 42.6 Å². The molecule has 0 aliphatic carbocycles. The maximum atomic E-state index is 2.71. The van der Waals surface area contributed by atoms with Gasteiger partial charge in [-0.1, -0.05) is 38.1 Å². The highest BCUT2D eigenvalue weighted by molar-refractivity contribution is 5.38. The fourth-order valence-electron chi connectivity index (χ4n) is 5.57. The summed E-state index contributed by atoms with van der Waals surface area (Å²) in [5.41, 5.74) is 6.62. The summed E-state index contributed by atoms with van der Waals surface area (Å²) < 4.78 is 2.71. The molecule has 2 atom stereocenters. The normalized spacial score (nSPS) is 28.0. The molecule has 4 rings (SSSR count). The van der Waals surface area contributed by atoms with E-state index in [1.54, 1.807) is 11.1 Å². The fraction of sp³-hybridized carbons (Fsp3) is 0.522. The lowest BCUT2D eigenvalue weighted by Gasteiger charge is -2.43. The van der Waals surface area contributed by atoms with Crippen LogP contribution in [0.1, 0.15) is 68.8 Å². The van der Waals surface area contributed by atoms with E-state index in [0.717, 1.165) is 0 Å². The van der Waals surface area contributed by atoms with Gasteiger partial charge in [0.05, 0.1) is 5.41 Å². The maximum Gasteiger partial charge on any atom is 0.181 e. The summed E-state index contributed by atoms with van der Waals surface area (Å²) in [5, 5.41) is 0. The molecule has 2 bridgehead atoms. The Balaban J connectivity index is 2.02. The number of hydrogen-bond donors (Lipinski definition) is 0. The first-order chi connectivity index (χ1) is 11.6. The highest BCUT2D eigenvalue weighted by atomic mass is 15.1. The van der Waals surface area contributed by atoms with Crippen LogP contribution in [0.25, 0.3) is 0 Å². The van der Waals surface area contributed by atoms with Gasteiger partial charge in [0.1, 0.15) is 0 Å². The van der Waals surface area contributed by atoms with Crippen molar-refractivity contribution in [3.05, 3.63) is 65.0 Å². The molecule has 1 aromatic heterocycles. The van der Waals surface area contributed by atoms with Crippen molar-refractivity contribution in [2.45, 2.75) is 76.7 Å². The number of aromatic nitrogens is 1. The Kier molecular flexibility index (Phi) is 3.78. The van der Waals surface area contributed by atoms with E-state index in [4.69, 9.17) is 0 Å². The number of pyridine rings is 1. The fourth-order valence-corrected chi connectivity index (χ4v) is 5.57. The van der Waals surface area contributed by atoms with Gasteiger partial charge in [-0.05, 0) is 49.8 Å². The van der Waals surface area contributed by atoms with Crippen LogP contribution in [0.2, 0.25) is 0 Å². The van der Waals surface area contributed by atoms with E-state index in [2.05, 4.69) is 67.9 Å². The van der Waals surface area contributed by atoms with Gasteiger partial charge >= 0.3 is 0 Å². The minimum Gasteiger partial charge on any atom is -0.196 e. The van der Waals surface area contributed by atoms with Gasteiger partial charge in [0, 0.05) is 30.9 Å². The van der Waals surface area contributed by atoms with Crippen molar-refractivity contribution in [1.82, 2.24) is 0 Å². The largest absolute Gasteiger partial charge is 0.196 e. The van der Waals surface area contributed by atoms with Crippen LogP contribution >= 0.6 is 0 Å². The summed E-state index contributed by atoms with van der Waals surface area (Å²) in [5.74, 6) is 0. The zero-order chi connectivity index (χ0) is 16.8. The van der Waals surface area contributed by atoms with Crippen LogP contribution in [-0.4, -0.2) is 0 Å². The van der Waals surface area contributed by atoms with E-state index in [1.807, 2.05) is 0 Å². The molecular weight excluding hydrogens is 290 g/mol. The molecule has 2 aliphatic rings. The van der Waals surface area contributed by atoms with Crippen molar-refractivity contribution in [3.63, 3.8) is 0 Å². The van der Waals surface area contributed by atoms with E-state index in [0.29, 0.717) is 0 Å². The summed E-state index contributed by atoms with van der Waals surface area (Å²) >= 11 is 0. The number of rotatable bonds is 3. The van der Waals surface area contributed by atoms with Gasteiger partial charge in [-0.3, -0.25) is 0 Å². The topological polar surface area (TPSA) is 3.88 Å². The molecular formula is C23H30N+. The number of benzene rings is 1. The second-order valence-corrected chi connectivity index (χ2v) is 8.05. The Morgan fingerprint density at radius 1 is 1.04 bits per heavy atom. The number of hydrogen-bond acceptors (Lipinski definition) is 0. The van der Waals surface area contributed by atoms with Crippen molar-refractivity contribution in [1.29, 1.82) is 0 Å². The molecule has 1 nitrogen and oxygen atoms in total. The van der Waals surface area contributed by atoms with Crippen molar-refractivity contribution in [2.75, 3.05) is 0 Å². The van der Waals surface area contributed by atoms with Gasteiger partial charge in [-0.2, -0.15) is 4.57 Å². The predicted molar refractivity (Wildman–Crippen MR) is 99.3 cm³/mol. The molecule has 0 fully saturated rings. The van der Waals surface area contributed by atoms with Gasteiger partial charge in [0.15, 0.2) is 17.4 Å². The molecule has 1 aromatic carbocycles. The second-order valence-electron chi connectivity index (χ2n) is 8.05. The van der Waals surface area contributed by atoms with Crippen molar-refractivity contribution < 1.29 is 4.57 Å². The summed E-state index contributed by atoms with van der Waals surface area (Å²) in [4.78, 5) is 0. The molecule has 3 heterocycles. The molecule has 0 radical (unpaired) electrons. The third kappa shape index (κ3) is 2.03. The predicted octanol–water partition coefficient (Wildman–Crippen LogP) is 4.88. The molecule has 24 heavy (non-hydrogen) atoms. The smallest absolute Gasteiger partial charge is 0.181 e. The van der Waals surface area contributed by atoms with Crippen molar-refractivity contribution in [3.8, 4) is 0 Å². The van der Waals surface area contributed by atoms with Gasteiger partial charge in [0.2, 0.25) is 0 Å². The van der Waals surface area contributed by atoms with Crippen LogP contribution in [0.4, 0.5) is 0 Å². The minimum absolute atomic E-state index is 0.180. The molecule has 126 valence electrons. The number of nitrogens with zero attached hydrogens (tertiary/aromatic N) is 1. The lowest BCUT2D eigenvalue weighted by Crippen LogP contribution is -2.66. The molecule has 2 aromatic rings. The molecule has 0 amide bonds. The molecule has 0 spiro atoms. The average molecular weight is 321 g/mol. The Bertz CT molecular complexity index is 762. The van der Waals surface area contributed by atoms with Gasteiger partial charge in [-0.25, -0.2) is 0 Å². The summed E-state index contributed by atoms with van der Waals surface area (Å²) in [7, 11) is 0. The van der Waals surface area contributed by atoms with E-state index in [1.165, 1.54) is 56.2 Å². The van der Waals surface area contributed by atoms with Crippen molar-refractivity contribution in [2.24, 2.45) is 0 Å². The zero-order valence-corrected chi connectivity index (χ0v) is 15.4. The third-order valence-corrected chi connectivity index (χ3v) is 6.94. The van der Waals surface area contributed by atoms with E-state index < -0.39 is 0 Å². The van der Waals surface area contributed by atoms with Crippen LogP contribution in [0, 0.1) is 0 Å². The highest BCUT2D eigenvalue weighted by Crippen LogP contribution is 2.49. The molecule has 0 saturated carbocycles. The molecule has 1 heteroatoms. The van der Waals surface area contributed by atoms with E-state index >= 15 is 0 Å². The standard InChI is InChI=1S/C23H30N/c1-4-15-23-16-18-13-14-20(24(23)17-18)11-8-10-19-9-6-7-12-21(19)22(23,3)5-2/h6-7,9,12-14,17H,4-5,8,10-11,15-16H2,1-3H3/q+1.